The van der Waals surface area contributed by atoms with Gasteiger partial charge in [-0.05, 0) is 13.8 Å². The second kappa shape index (κ2) is 8.39. The van der Waals surface area contributed by atoms with Crippen molar-refractivity contribution >= 4 is 18.8 Å². The Balaban J connectivity index is 2.26. The second-order valence-electron chi connectivity index (χ2n) is 4.56. The molecule has 0 radical (unpaired) electrons. The van der Waals surface area contributed by atoms with Gasteiger partial charge in [0.15, 0.2) is 5.88 Å². The van der Waals surface area contributed by atoms with E-state index < -0.39 is 0 Å². The summed E-state index contributed by atoms with van der Waals surface area (Å²) in [4.78, 5) is 7.14. The van der Waals surface area contributed by atoms with Crippen LogP contribution in [0.15, 0.2) is 15.8 Å². The van der Waals surface area contributed by atoms with Gasteiger partial charge in [-0.25, -0.2) is 0 Å². The molecule has 0 saturated carbocycles. The number of thiol groups is 1. The Morgan fingerprint density at radius 3 is 2.78 bits per heavy atom. The topological polar surface area (TPSA) is 62.9 Å². The summed E-state index contributed by atoms with van der Waals surface area (Å²) in [6.07, 6.45) is 1.65. The molecule has 1 saturated heterocycles. The van der Waals surface area contributed by atoms with E-state index in [1.54, 1.807) is 6.21 Å². The molecule has 0 amide bonds. The number of hydrogen-bond acceptors (Lipinski definition) is 6. The summed E-state index contributed by atoms with van der Waals surface area (Å²) in [5.41, 5.74) is 5.78. The van der Waals surface area contributed by atoms with Crippen LogP contribution in [0.3, 0.4) is 0 Å². The predicted molar refractivity (Wildman–Crippen MR) is 79.1 cm³/mol. The molecule has 0 spiro atoms. The number of allylic oxidation sites excluding steroid dienone is 1. The molecule has 0 unspecified atom stereocenters. The molecular weight excluding hydrogens is 248 g/mol. The molecule has 1 fully saturated rings. The molecule has 0 aromatic heterocycles. The van der Waals surface area contributed by atoms with E-state index in [4.69, 9.17) is 10.5 Å². The van der Waals surface area contributed by atoms with Gasteiger partial charge in [-0.3, -0.25) is 9.89 Å². The Morgan fingerprint density at radius 1 is 1.50 bits per heavy atom. The second-order valence-corrected chi connectivity index (χ2v) is 5.04. The Bertz CT molecular complexity index is 298. The molecule has 0 aromatic carbocycles. The summed E-state index contributed by atoms with van der Waals surface area (Å²) in [5.74, 6) is 0.345. The van der Waals surface area contributed by atoms with Crippen molar-refractivity contribution in [3.63, 3.8) is 0 Å². The summed E-state index contributed by atoms with van der Waals surface area (Å²) >= 11 is 4.26. The van der Waals surface area contributed by atoms with Crippen LogP contribution in [-0.2, 0) is 4.74 Å². The average Bonchev–Trinajstić information content (AvgIpc) is 2.37. The Morgan fingerprint density at radius 2 is 2.17 bits per heavy atom. The van der Waals surface area contributed by atoms with Gasteiger partial charge in [-0.15, -0.1) is 12.6 Å². The molecule has 104 valence electrons. The lowest BCUT2D eigenvalue weighted by Gasteiger charge is -2.26. The highest BCUT2D eigenvalue weighted by molar-refractivity contribution is 7.85. The van der Waals surface area contributed by atoms with Crippen LogP contribution in [0.4, 0.5) is 0 Å². The van der Waals surface area contributed by atoms with E-state index in [1.165, 1.54) is 0 Å². The SMILES string of the molecule is CC(C)N=CC(S)=C(N)OCCN1CCNCC1. The van der Waals surface area contributed by atoms with Crippen molar-refractivity contribution in [2.45, 2.75) is 19.9 Å². The maximum atomic E-state index is 5.78. The fourth-order valence-electron chi connectivity index (χ4n) is 1.58. The molecule has 18 heavy (non-hydrogen) atoms. The van der Waals surface area contributed by atoms with Gasteiger partial charge in [0.25, 0.3) is 0 Å². The maximum absolute atomic E-state index is 5.78. The highest BCUT2D eigenvalue weighted by Gasteiger charge is 2.09. The summed E-state index contributed by atoms with van der Waals surface area (Å²) in [6.45, 7) is 9.70. The minimum atomic E-state index is 0.237. The molecule has 1 rings (SSSR count). The van der Waals surface area contributed by atoms with E-state index >= 15 is 0 Å². The fourth-order valence-corrected chi connectivity index (χ4v) is 1.71. The number of nitrogens with zero attached hydrogens (tertiary/aromatic N) is 2. The zero-order chi connectivity index (χ0) is 13.4. The Kier molecular flexibility index (Phi) is 7.15. The van der Waals surface area contributed by atoms with Crippen molar-refractivity contribution in [1.29, 1.82) is 0 Å². The largest absolute Gasteiger partial charge is 0.477 e. The van der Waals surface area contributed by atoms with Crippen LogP contribution in [0.2, 0.25) is 0 Å². The van der Waals surface area contributed by atoms with Crippen LogP contribution in [0, 0.1) is 0 Å². The minimum absolute atomic E-state index is 0.237. The third-order valence-corrected chi connectivity index (χ3v) is 2.96. The number of rotatable bonds is 6. The quantitative estimate of drug-likeness (QED) is 0.373. The maximum Gasteiger partial charge on any atom is 0.199 e. The van der Waals surface area contributed by atoms with E-state index in [0.717, 1.165) is 32.7 Å². The molecule has 0 atom stereocenters. The van der Waals surface area contributed by atoms with Crippen LogP contribution in [0.1, 0.15) is 13.8 Å². The van der Waals surface area contributed by atoms with Gasteiger partial charge in [0.2, 0.25) is 0 Å². The van der Waals surface area contributed by atoms with Crippen LogP contribution < -0.4 is 11.1 Å². The van der Waals surface area contributed by atoms with Crippen molar-refractivity contribution in [3.8, 4) is 0 Å². The van der Waals surface area contributed by atoms with Gasteiger partial charge in [-0.2, -0.15) is 0 Å². The molecule has 1 aliphatic heterocycles. The molecule has 0 bridgehead atoms. The minimum Gasteiger partial charge on any atom is -0.477 e. The monoisotopic (exact) mass is 272 g/mol. The lowest BCUT2D eigenvalue weighted by molar-refractivity contribution is 0.146. The van der Waals surface area contributed by atoms with Crippen molar-refractivity contribution in [1.82, 2.24) is 10.2 Å². The molecule has 5 nitrogen and oxygen atoms in total. The Labute approximate surface area is 115 Å². The fraction of sp³-hybridized carbons (Fsp3) is 0.750. The molecule has 1 heterocycles. The summed E-state index contributed by atoms with van der Waals surface area (Å²) in [5, 5.41) is 3.31. The number of aliphatic imine (C=N–C) groups is 1. The van der Waals surface area contributed by atoms with E-state index in [0.29, 0.717) is 17.4 Å². The third kappa shape index (κ3) is 6.28. The van der Waals surface area contributed by atoms with Gasteiger partial charge in [0, 0.05) is 45.0 Å². The van der Waals surface area contributed by atoms with Crippen molar-refractivity contribution < 1.29 is 4.74 Å². The van der Waals surface area contributed by atoms with Crippen LogP contribution in [-0.4, -0.2) is 56.5 Å². The molecule has 0 aliphatic carbocycles. The van der Waals surface area contributed by atoms with E-state index in [1.807, 2.05) is 13.8 Å². The first kappa shape index (κ1) is 15.3. The molecular formula is C12H24N4OS. The van der Waals surface area contributed by atoms with Gasteiger partial charge in [-0.1, -0.05) is 0 Å². The molecule has 3 N–H and O–H groups in total. The number of hydrogen-bond donors (Lipinski definition) is 3. The smallest absolute Gasteiger partial charge is 0.199 e. The lowest BCUT2D eigenvalue weighted by Crippen LogP contribution is -2.44. The summed E-state index contributed by atoms with van der Waals surface area (Å²) in [7, 11) is 0. The van der Waals surface area contributed by atoms with E-state index in [9.17, 15) is 0 Å². The standard InChI is InChI=1S/C12H24N4OS/c1-10(2)15-9-11(18)12(13)17-8-7-16-5-3-14-4-6-16/h9-10,14,18H,3-8,13H2,1-2H3. The number of nitrogens with two attached hydrogens (primary N) is 1. The van der Waals surface area contributed by atoms with Gasteiger partial charge >= 0.3 is 0 Å². The lowest BCUT2D eigenvalue weighted by atomic mass is 10.4. The van der Waals surface area contributed by atoms with Crippen molar-refractivity contribution in [2.24, 2.45) is 10.7 Å². The van der Waals surface area contributed by atoms with E-state index in [2.05, 4.69) is 27.8 Å². The zero-order valence-corrected chi connectivity index (χ0v) is 12.1. The van der Waals surface area contributed by atoms with Crippen LogP contribution in [0.25, 0.3) is 0 Å². The third-order valence-electron chi connectivity index (χ3n) is 2.62. The van der Waals surface area contributed by atoms with Crippen molar-refractivity contribution in [3.05, 3.63) is 10.8 Å². The number of ether oxygens (including phenoxy) is 1. The van der Waals surface area contributed by atoms with Gasteiger partial charge < -0.3 is 15.8 Å². The normalized spacial score (nSPS) is 19.3. The van der Waals surface area contributed by atoms with Gasteiger partial charge in [0.05, 0.1) is 4.91 Å². The van der Waals surface area contributed by atoms with Gasteiger partial charge in [0.1, 0.15) is 6.61 Å². The molecule has 6 heteroatoms. The highest BCUT2D eigenvalue weighted by atomic mass is 32.1. The Hall–Kier alpha value is -0.720. The average molecular weight is 272 g/mol. The zero-order valence-electron chi connectivity index (χ0n) is 11.2. The van der Waals surface area contributed by atoms with Crippen LogP contribution >= 0.6 is 12.6 Å². The first-order chi connectivity index (χ1) is 8.59. The first-order valence-electron chi connectivity index (χ1n) is 6.37. The highest BCUT2D eigenvalue weighted by Crippen LogP contribution is 2.04. The molecule has 0 aromatic rings. The predicted octanol–water partition coefficient (Wildman–Crippen LogP) is 0.445. The summed E-state index contributed by atoms with van der Waals surface area (Å²) in [6, 6.07) is 0.237. The van der Waals surface area contributed by atoms with E-state index in [-0.39, 0.29) is 6.04 Å². The molecule has 1 aliphatic rings. The van der Waals surface area contributed by atoms with Crippen molar-refractivity contribution in [2.75, 3.05) is 39.3 Å². The number of nitrogens with one attached hydrogen (secondary N) is 1. The van der Waals surface area contributed by atoms with Crippen LogP contribution in [0.5, 0.6) is 0 Å². The summed E-state index contributed by atoms with van der Waals surface area (Å²) < 4.78 is 5.47. The first-order valence-corrected chi connectivity index (χ1v) is 6.82. The number of piperazine rings is 1.